The van der Waals surface area contributed by atoms with Crippen molar-refractivity contribution in [2.75, 3.05) is 10.0 Å². The molecule has 1 aliphatic heterocycles. The molecule has 2 N–H and O–H groups in total. The van der Waals surface area contributed by atoms with E-state index in [0.717, 1.165) is 16.8 Å². The Kier molecular flexibility index (Phi) is 3.41. The fraction of sp³-hybridized carbons (Fsp3) is 0.188. The van der Waals surface area contributed by atoms with Crippen LogP contribution < -0.4 is 10.0 Å². The highest BCUT2D eigenvalue weighted by Crippen LogP contribution is 2.34. The zero-order chi connectivity index (χ0) is 15.9. The molecule has 1 aliphatic rings. The summed E-state index contributed by atoms with van der Waals surface area (Å²) in [5.41, 5.74) is 2.97. The molecule has 1 unspecified atom stereocenters. The number of carbonyl (C=O) groups excluding carboxylic acids is 1. The number of anilines is 2. The van der Waals surface area contributed by atoms with Crippen LogP contribution in [0.15, 0.2) is 47.4 Å². The Bertz CT molecular complexity index is 842. The molecule has 0 saturated carbocycles. The molecular weight excluding hydrogens is 300 g/mol. The molecule has 0 aromatic heterocycles. The number of benzene rings is 2. The Morgan fingerprint density at radius 1 is 1.09 bits per heavy atom. The van der Waals surface area contributed by atoms with Gasteiger partial charge in [0.1, 0.15) is 0 Å². The number of hydrogen-bond acceptors (Lipinski definition) is 3. The minimum absolute atomic E-state index is 0.0754. The van der Waals surface area contributed by atoms with Crippen molar-refractivity contribution in [3.05, 3.63) is 53.6 Å². The molecule has 2 aromatic carbocycles. The first-order valence-corrected chi connectivity index (χ1v) is 8.39. The molecule has 1 heterocycles. The Balaban J connectivity index is 1.91. The van der Waals surface area contributed by atoms with Crippen molar-refractivity contribution in [3.63, 3.8) is 0 Å². The molecule has 5 nitrogen and oxygen atoms in total. The third-order valence-corrected chi connectivity index (χ3v) is 5.15. The van der Waals surface area contributed by atoms with Gasteiger partial charge in [0.05, 0.1) is 10.8 Å². The second-order valence-electron chi connectivity index (χ2n) is 5.43. The first-order valence-electron chi connectivity index (χ1n) is 6.91. The molecular formula is C16H16N2O3S. The summed E-state index contributed by atoms with van der Waals surface area (Å²) in [4.78, 5) is 11.8. The normalized spacial score (nSPS) is 17.0. The lowest BCUT2D eigenvalue weighted by molar-refractivity contribution is -0.116. The number of nitrogens with one attached hydrogen (secondary N) is 2. The molecule has 1 atom stereocenters. The molecule has 0 spiro atoms. The molecule has 6 heteroatoms. The summed E-state index contributed by atoms with van der Waals surface area (Å²) in [6.07, 6.45) is 0. The number of hydrogen-bond donors (Lipinski definition) is 2. The van der Waals surface area contributed by atoms with Crippen molar-refractivity contribution < 1.29 is 13.2 Å². The molecule has 114 valence electrons. The smallest absolute Gasteiger partial charge is 0.261 e. The monoisotopic (exact) mass is 316 g/mol. The van der Waals surface area contributed by atoms with Gasteiger partial charge in [-0.05, 0) is 49.7 Å². The van der Waals surface area contributed by atoms with Crippen LogP contribution in [0.2, 0.25) is 0 Å². The van der Waals surface area contributed by atoms with Crippen molar-refractivity contribution in [2.45, 2.75) is 24.7 Å². The summed E-state index contributed by atoms with van der Waals surface area (Å²) in [5.74, 6) is -0.354. The predicted octanol–water partition coefficient (Wildman–Crippen LogP) is 2.85. The van der Waals surface area contributed by atoms with Crippen LogP contribution in [0.4, 0.5) is 11.4 Å². The second-order valence-corrected chi connectivity index (χ2v) is 7.11. The Hall–Kier alpha value is -2.34. The number of sulfonamides is 1. The summed E-state index contributed by atoms with van der Waals surface area (Å²) < 4.78 is 27.3. The average Bonchev–Trinajstić information content (AvgIpc) is 2.74. The van der Waals surface area contributed by atoms with Crippen LogP contribution in [0.5, 0.6) is 0 Å². The van der Waals surface area contributed by atoms with Crippen LogP contribution in [0.25, 0.3) is 0 Å². The first kappa shape index (κ1) is 14.6. The van der Waals surface area contributed by atoms with E-state index in [9.17, 15) is 13.2 Å². The SMILES string of the molecule is Cc1ccc(S(=O)(=O)Nc2ccc3c(c2)C(C)C(=O)N3)cc1. The number of amides is 1. The van der Waals surface area contributed by atoms with Crippen molar-refractivity contribution in [3.8, 4) is 0 Å². The quantitative estimate of drug-likeness (QED) is 0.914. The molecule has 1 amide bonds. The van der Waals surface area contributed by atoms with Gasteiger partial charge in [-0.15, -0.1) is 0 Å². The van der Waals surface area contributed by atoms with Gasteiger partial charge in [0.25, 0.3) is 10.0 Å². The fourth-order valence-electron chi connectivity index (χ4n) is 2.41. The minimum atomic E-state index is -3.63. The average molecular weight is 316 g/mol. The van der Waals surface area contributed by atoms with Gasteiger partial charge in [0, 0.05) is 11.4 Å². The topological polar surface area (TPSA) is 75.3 Å². The zero-order valence-electron chi connectivity index (χ0n) is 12.3. The van der Waals surface area contributed by atoms with Crippen molar-refractivity contribution >= 4 is 27.3 Å². The molecule has 2 aromatic rings. The van der Waals surface area contributed by atoms with Crippen LogP contribution in [-0.4, -0.2) is 14.3 Å². The lowest BCUT2D eigenvalue weighted by Gasteiger charge is -2.10. The van der Waals surface area contributed by atoms with E-state index in [1.165, 1.54) is 0 Å². The molecule has 0 radical (unpaired) electrons. The van der Waals surface area contributed by atoms with Crippen LogP contribution in [0.3, 0.4) is 0 Å². The number of fused-ring (bicyclic) bond motifs is 1. The summed E-state index contributed by atoms with van der Waals surface area (Å²) in [6, 6.07) is 11.7. The van der Waals surface area contributed by atoms with Crippen molar-refractivity contribution in [1.82, 2.24) is 0 Å². The summed E-state index contributed by atoms with van der Waals surface area (Å²) in [5, 5.41) is 2.76. The molecule has 0 bridgehead atoms. The van der Waals surface area contributed by atoms with Gasteiger partial charge in [-0.25, -0.2) is 8.42 Å². The molecule has 0 fully saturated rings. The van der Waals surface area contributed by atoms with Crippen LogP contribution in [-0.2, 0) is 14.8 Å². The van der Waals surface area contributed by atoms with Crippen LogP contribution in [0.1, 0.15) is 24.0 Å². The van der Waals surface area contributed by atoms with E-state index >= 15 is 0 Å². The Labute approximate surface area is 129 Å². The number of rotatable bonds is 3. The standard InChI is InChI=1S/C16H16N2O3S/c1-10-3-6-13(7-4-10)22(20,21)18-12-5-8-15-14(9-12)11(2)16(19)17-15/h3-9,11,18H,1-2H3,(H,17,19). The van der Waals surface area contributed by atoms with E-state index in [2.05, 4.69) is 10.0 Å². The maximum absolute atomic E-state index is 12.4. The van der Waals surface area contributed by atoms with E-state index in [0.29, 0.717) is 5.69 Å². The number of aryl methyl sites for hydroxylation is 1. The van der Waals surface area contributed by atoms with E-state index in [1.54, 1.807) is 49.4 Å². The van der Waals surface area contributed by atoms with Gasteiger partial charge < -0.3 is 5.32 Å². The van der Waals surface area contributed by atoms with Crippen LogP contribution in [0, 0.1) is 6.92 Å². The highest BCUT2D eigenvalue weighted by molar-refractivity contribution is 7.92. The highest BCUT2D eigenvalue weighted by Gasteiger charge is 2.27. The third-order valence-electron chi connectivity index (χ3n) is 3.75. The maximum Gasteiger partial charge on any atom is 0.261 e. The molecule has 3 rings (SSSR count). The van der Waals surface area contributed by atoms with E-state index in [1.807, 2.05) is 6.92 Å². The van der Waals surface area contributed by atoms with Gasteiger partial charge in [-0.3, -0.25) is 9.52 Å². The van der Waals surface area contributed by atoms with Crippen molar-refractivity contribution in [1.29, 1.82) is 0 Å². The third kappa shape index (κ3) is 2.57. The van der Waals surface area contributed by atoms with Gasteiger partial charge in [0.15, 0.2) is 0 Å². The molecule has 0 saturated heterocycles. The lowest BCUT2D eigenvalue weighted by Crippen LogP contribution is -2.13. The molecule has 0 aliphatic carbocycles. The van der Waals surface area contributed by atoms with E-state index < -0.39 is 10.0 Å². The summed E-state index contributed by atoms with van der Waals surface area (Å²) in [6.45, 7) is 3.69. The second kappa shape index (κ2) is 5.14. The largest absolute Gasteiger partial charge is 0.325 e. The van der Waals surface area contributed by atoms with Gasteiger partial charge in [-0.2, -0.15) is 0 Å². The predicted molar refractivity (Wildman–Crippen MR) is 85.5 cm³/mol. The molecule has 22 heavy (non-hydrogen) atoms. The summed E-state index contributed by atoms with van der Waals surface area (Å²) in [7, 11) is -3.63. The number of carbonyl (C=O) groups is 1. The van der Waals surface area contributed by atoms with Crippen molar-refractivity contribution in [2.24, 2.45) is 0 Å². The van der Waals surface area contributed by atoms with Gasteiger partial charge in [-0.1, -0.05) is 17.7 Å². The van der Waals surface area contributed by atoms with E-state index in [-0.39, 0.29) is 16.7 Å². The van der Waals surface area contributed by atoms with Gasteiger partial charge >= 0.3 is 0 Å². The Morgan fingerprint density at radius 3 is 2.45 bits per heavy atom. The summed E-state index contributed by atoms with van der Waals surface area (Å²) >= 11 is 0. The highest BCUT2D eigenvalue weighted by atomic mass is 32.2. The first-order chi connectivity index (χ1) is 10.4. The fourth-order valence-corrected chi connectivity index (χ4v) is 3.46. The maximum atomic E-state index is 12.4. The van der Waals surface area contributed by atoms with Gasteiger partial charge in [0.2, 0.25) is 5.91 Å². The minimum Gasteiger partial charge on any atom is -0.325 e. The van der Waals surface area contributed by atoms with E-state index in [4.69, 9.17) is 0 Å². The Morgan fingerprint density at radius 2 is 1.77 bits per heavy atom. The van der Waals surface area contributed by atoms with Crippen LogP contribution >= 0.6 is 0 Å². The lowest BCUT2D eigenvalue weighted by atomic mass is 10.0. The zero-order valence-corrected chi connectivity index (χ0v) is 13.1.